The maximum Gasteiger partial charge on any atom is 0.272 e. The highest BCUT2D eigenvalue weighted by molar-refractivity contribution is 5.92. The van der Waals surface area contributed by atoms with E-state index in [-0.39, 0.29) is 17.4 Å². The molecule has 26 heavy (non-hydrogen) atoms. The summed E-state index contributed by atoms with van der Waals surface area (Å²) in [6.45, 7) is 5.07. The number of pyridine rings is 1. The Morgan fingerprint density at radius 2 is 1.92 bits per heavy atom. The number of aromatic amines is 1. The second-order valence-corrected chi connectivity index (χ2v) is 6.88. The lowest BCUT2D eigenvalue weighted by molar-refractivity contribution is 0.0706. The van der Waals surface area contributed by atoms with Crippen LogP contribution in [0.15, 0.2) is 35.1 Å². The highest BCUT2D eigenvalue weighted by Crippen LogP contribution is 2.27. The van der Waals surface area contributed by atoms with Crippen molar-refractivity contribution < 1.29 is 4.79 Å². The van der Waals surface area contributed by atoms with E-state index < -0.39 is 0 Å². The van der Waals surface area contributed by atoms with Gasteiger partial charge in [0.2, 0.25) is 0 Å². The largest absolute Gasteiger partial charge is 0.337 e. The van der Waals surface area contributed by atoms with Gasteiger partial charge in [-0.2, -0.15) is 0 Å². The van der Waals surface area contributed by atoms with E-state index in [2.05, 4.69) is 15.1 Å². The van der Waals surface area contributed by atoms with Gasteiger partial charge in [-0.05, 0) is 38.8 Å². The number of aromatic nitrogens is 4. The van der Waals surface area contributed by atoms with Crippen LogP contribution in [0, 0.1) is 13.8 Å². The van der Waals surface area contributed by atoms with Crippen LogP contribution in [0.3, 0.4) is 0 Å². The Labute approximate surface area is 150 Å². The normalized spacial score (nSPS) is 15.5. The predicted molar refractivity (Wildman–Crippen MR) is 97.4 cm³/mol. The summed E-state index contributed by atoms with van der Waals surface area (Å²) in [4.78, 5) is 35.7. The number of nitrogens with zero attached hydrogens (tertiary/aromatic N) is 4. The lowest BCUT2D eigenvalue weighted by atomic mass is 9.93. The van der Waals surface area contributed by atoms with Gasteiger partial charge in [0, 0.05) is 42.5 Å². The lowest BCUT2D eigenvalue weighted by Gasteiger charge is -2.31. The fourth-order valence-corrected chi connectivity index (χ4v) is 3.54. The zero-order chi connectivity index (χ0) is 18.3. The molecule has 1 fully saturated rings. The molecule has 7 nitrogen and oxygen atoms in total. The van der Waals surface area contributed by atoms with Crippen LogP contribution in [0.25, 0.3) is 5.65 Å². The van der Waals surface area contributed by atoms with Gasteiger partial charge in [-0.15, -0.1) is 0 Å². The Bertz CT molecular complexity index is 1030. The topological polar surface area (TPSA) is 83.4 Å². The third kappa shape index (κ3) is 3.00. The van der Waals surface area contributed by atoms with Gasteiger partial charge >= 0.3 is 0 Å². The monoisotopic (exact) mass is 351 g/mol. The number of H-pyrrole nitrogens is 1. The number of carbonyl (C=O) groups is 1. The Morgan fingerprint density at radius 1 is 1.15 bits per heavy atom. The molecule has 1 amide bonds. The van der Waals surface area contributed by atoms with Gasteiger partial charge in [-0.3, -0.25) is 14.7 Å². The number of likely N-dealkylation sites (tertiary alicyclic amines) is 1. The molecule has 0 atom stereocenters. The first-order valence-corrected chi connectivity index (χ1v) is 8.83. The van der Waals surface area contributed by atoms with Crippen LogP contribution in [-0.4, -0.2) is 43.5 Å². The summed E-state index contributed by atoms with van der Waals surface area (Å²) in [6.07, 6.45) is 1.59. The van der Waals surface area contributed by atoms with Crippen molar-refractivity contribution >= 4 is 11.6 Å². The summed E-state index contributed by atoms with van der Waals surface area (Å²) < 4.78 is 1.46. The molecule has 1 aliphatic rings. The third-order valence-electron chi connectivity index (χ3n) is 4.91. The van der Waals surface area contributed by atoms with E-state index in [4.69, 9.17) is 0 Å². The Morgan fingerprint density at radius 3 is 2.65 bits per heavy atom. The van der Waals surface area contributed by atoms with Crippen LogP contribution in [0.2, 0.25) is 0 Å². The molecule has 7 heteroatoms. The molecule has 3 aromatic rings. The zero-order valence-corrected chi connectivity index (χ0v) is 14.9. The van der Waals surface area contributed by atoms with E-state index in [0.29, 0.717) is 24.4 Å². The Kier molecular flexibility index (Phi) is 4.06. The third-order valence-corrected chi connectivity index (χ3v) is 4.91. The van der Waals surface area contributed by atoms with Crippen molar-refractivity contribution in [1.82, 2.24) is 24.5 Å². The highest BCUT2D eigenvalue weighted by Gasteiger charge is 2.26. The Hall–Kier alpha value is -2.96. The molecule has 3 aromatic heterocycles. The second kappa shape index (κ2) is 6.40. The fraction of sp³-hybridized carbons (Fsp3) is 0.368. The molecule has 0 aromatic carbocycles. The van der Waals surface area contributed by atoms with Crippen LogP contribution in [-0.2, 0) is 0 Å². The standard InChI is InChI=1S/C19H21N5O2/c1-12-4-3-5-15(20-12)19(26)23-8-6-14(7-9-23)16-11-18(25)24-17(21-16)10-13(2)22-24/h3-5,10-11,14,22H,6-9H2,1-2H3. The summed E-state index contributed by atoms with van der Waals surface area (Å²) in [7, 11) is 0. The van der Waals surface area contributed by atoms with Crippen LogP contribution in [0.4, 0.5) is 0 Å². The molecule has 4 heterocycles. The molecule has 1 N–H and O–H groups in total. The van der Waals surface area contributed by atoms with Gasteiger partial charge < -0.3 is 4.90 Å². The van der Waals surface area contributed by atoms with E-state index in [9.17, 15) is 9.59 Å². The molecule has 1 aliphatic heterocycles. The summed E-state index contributed by atoms with van der Waals surface area (Å²) in [5.41, 5.74) is 3.59. The van der Waals surface area contributed by atoms with Crippen LogP contribution >= 0.6 is 0 Å². The smallest absolute Gasteiger partial charge is 0.272 e. The fourth-order valence-electron chi connectivity index (χ4n) is 3.54. The van der Waals surface area contributed by atoms with Gasteiger partial charge in [-0.25, -0.2) is 14.5 Å². The van der Waals surface area contributed by atoms with Crippen molar-refractivity contribution in [3.63, 3.8) is 0 Å². The number of nitrogens with one attached hydrogen (secondary N) is 1. The average Bonchev–Trinajstić information content (AvgIpc) is 3.02. The summed E-state index contributed by atoms with van der Waals surface area (Å²) in [5.74, 6) is 0.161. The predicted octanol–water partition coefficient (Wildman–Crippen LogP) is 2.05. The molecular weight excluding hydrogens is 330 g/mol. The second-order valence-electron chi connectivity index (χ2n) is 6.88. The minimum atomic E-state index is -0.0967. The molecule has 134 valence electrons. The number of hydrogen-bond acceptors (Lipinski definition) is 4. The SMILES string of the molecule is Cc1cccc(C(=O)N2CCC(c3cc(=O)n4[nH]c(C)cc4n3)CC2)n1. The number of rotatable bonds is 2. The molecule has 1 saturated heterocycles. The first-order valence-electron chi connectivity index (χ1n) is 8.83. The van der Waals surface area contributed by atoms with Crippen LogP contribution in [0.5, 0.6) is 0 Å². The van der Waals surface area contributed by atoms with Crippen LogP contribution < -0.4 is 5.56 Å². The van der Waals surface area contributed by atoms with Crippen molar-refractivity contribution in [1.29, 1.82) is 0 Å². The first-order chi connectivity index (χ1) is 12.5. The minimum Gasteiger partial charge on any atom is -0.337 e. The van der Waals surface area contributed by atoms with Crippen molar-refractivity contribution in [2.24, 2.45) is 0 Å². The molecule has 0 aliphatic carbocycles. The Balaban J connectivity index is 1.50. The number of amides is 1. The number of carbonyl (C=O) groups excluding carboxylic acids is 1. The van der Waals surface area contributed by atoms with Gasteiger partial charge in [0.25, 0.3) is 11.5 Å². The van der Waals surface area contributed by atoms with Crippen LogP contribution in [0.1, 0.15) is 46.3 Å². The summed E-state index contributed by atoms with van der Waals surface area (Å²) in [5, 5.41) is 2.98. The number of piperidine rings is 1. The maximum absolute atomic E-state index is 12.6. The van der Waals surface area contributed by atoms with Gasteiger partial charge in [-0.1, -0.05) is 6.07 Å². The molecule has 0 bridgehead atoms. The van der Waals surface area contributed by atoms with Gasteiger partial charge in [0.1, 0.15) is 5.69 Å². The van der Waals surface area contributed by atoms with Gasteiger partial charge in [0.15, 0.2) is 5.65 Å². The number of hydrogen-bond donors (Lipinski definition) is 1. The van der Waals surface area contributed by atoms with Crippen molar-refractivity contribution in [3.8, 4) is 0 Å². The minimum absolute atomic E-state index is 0.0307. The van der Waals surface area contributed by atoms with Crippen molar-refractivity contribution in [3.05, 3.63) is 63.5 Å². The molecule has 0 spiro atoms. The van der Waals surface area contributed by atoms with E-state index in [0.717, 1.165) is 29.9 Å². The van der Waals surface area contributed by atoms with E-state index in [1.807, 2.05) is 36.9 Å². The molecular formula is C19H21N5O2. The average molecular weight is 351 g/mol. The van der Waals surface area contributed by atoms with Gasteiger partial charge in [0.05, 0.1) is 5.69 Å². The van der Waals surface area contributed by atoms with E-state index in [1.165, 1.54) is 4.52 Å². The quantitative estimate of drug-likeness (QED) is 0.766. The number of aryl methyl sites for hydroxylation is 2. The highest BCUT2D eigenvalue weighted by atomic mass is 16.2. The molecule has 4 rings (SSSR count). The van der Waals surface area contributed by atoms with E-state index >= 15 is 0 Å². The number of fused-ring (bicyclic) bond motifs is 1. The maximum atomic E-state index is 12.6. The lowest BCUT2D eigenvalue weighted by Crippen LogP contribution is -2.38. The molecule has 0 saturated carbocycles. The van der Waals surface area contributed by atoms with E-state index in [1.54, 1.807) is 12.1 Å². The van der Waals surface area contributed by atoms with Crippen molar-refractivity contribution in [2.45, 2.75) is 32.6 Å². The first kappa shape index (κ1) is 16.5. The summed E-state index contributed by atoms with van der Waals surface area (Å²) >= 11 is 0. The van der Waals surface area contributed by atoms with Crippen molar-refractivity contribution in [2.75, 3.05) is 13.1 Å². The molecule has 0 radical (unpaired) electrons. The summed E-state index contributed by atoms with van der Waals surface area (Å²) in [6, 6.07) is 8.96. The molecule has 0 unspecified atom stereocenters. The zero-order valence-electron chi connectivity index (χ0n) is 14.9.